The lowest BCUT2D eigenvalue weighted by atomic mass is 10.1. The van der Waals surface area contributed by atoms with E-state index >= 15 is 0 Å². The maximum atomic E-state index is 6.64. The summed E-state index contributed by atoms with van der Waals surface area (Å²) in [7, 11) is 0. The van der Waals surface area contributed by atoms with Crippen LogP contribution in [0.15, 0.2) is 60.7 Å². The first-order valence-electron chi connectivity index (χ1n) is 18.5. The molecule has 0 spiro atoms. The number of benzene rings is 2. The highest BCUT2D eigenvalue weighted by Gasteiger charge is 2.19. The van der Waals surface area contributed by atoms with Crippen molar-refractivity contribution in [3.05, 3.63) is 65.5 Å². The molecule has 0 aliphatic heterocycles. The van der Waals surface area contributed by atoms with E-state index < -0.39 is 0 Å². The van der Waals surface area contributed by atoms with E-state index in [1.165, 1.54) is 150 Å². The first kappa shape index (κ1) is 34.8. The molecular weight excluding hydrogens is 725 g/mol. The molecule has 0 saturated heterocycles. The molecule has 0 amide bonds. The summed E-state index contributed by atoms with van der Waals surface area (Å²) in [5, 5.41) is 10.6. The van der Waals surface area contributed by atoms with E-state index in [0.29, 0.717) is 0 Å². The predicted molar refractivity (Wildman–Crippen MR) is 234 cm³/mol. The molecular formula is C42H46N2S6. The van der Waals surface area contributed by atoms with E-state index in [1.54, 1.807) is 0 Å². The van der Waals surface area contributed by atoms with Gasteiger partial charge >= 0.3 is 0 Å². The smallest absolute Gasteiger partial charge is 0.0889 e. The highest BCUT2D eigenvalue weighted by Crippen LogP contribution is 2.51. The Labute approximate surface area is 320 Å². The second-order valence-corrected chi connectivity index (χ2v) is 20.1. The van der Waals surface area contributed by atoms with Crippen molar-refractivity contribution in [3.63, 3.8) is 0 Å². The van der Waals surface area contributed by atoms with E-state index in [1.807, 2.05) is 68.0 Å². The number of unbranched alkanes of at least 4 members (excludes halogenated alkanes) is 9. The molecule has 0 aliphatic rings. The number of nitrogens with two attached hydrogens (primary N) is 1. The van der Waals surface area contributed by atoms with E-state index in [-0.39, 0.29) is 6.04 Å². The van der Waals surface area contributed by atoms with Crippen molar-refractivity contribution >= 4 is 123 Å². The quantitative estimate of drug-likeness (QED) is 0.0905. The van der Waals surface area contributed by atoms with E-state index in [0.717, 1.165) is 13.0 Å². The molecule has 6 aromatic heterocycles. The molecule has 6 heterocycles. The molecule has 0 fully saturated rings. The minimum Gasteiger partial charge on any atom is -0.377 e. The van der Waals surface area contributed by atoms with Crippen molar-refractivity contribution in [3.8, 4) is 19.5 Å². The molecule has 0 aliphatic carbocycles. The Morgan fingerprint density at radius 3 is 1.70 bits per heavy atom. The maximum absolute atomic E-state index is 6.64. The molecule has 0 bridgehead atoms. The Hall–Kier alpha value is -2.30. The van der Waals surface area contributed by atoms with Gasteiger partial charge < -0.3 is 11.1 Å². The number of hydrogen-bond donors (Lipinski definition) is 2. The molecule has 0 radical (unpaired) electrons. The third-order valence-corrected chi connectivity index (χ3v) is 17.5. The summed E-state index contributed by atoms with van der Waals surface area (Å²) in [6, 6.07) is 23.6. The summed E-state index contributed by atoms with van der Waals surface area (Å²) in [6.45, 7) is 5.63. The van der Waals surface area contributed by atoms with Crippen LogP contribution in [-0.2, 0) is 0 Å². The summed E-state index contributed by atoms with van der Waals surface area (Å²) >= 11 is 11.6. The molecule has 3 N–H and O–H groups in total. The lowest BCUT2D eigenvalue weighted by Gasteiger charge is -2.08. The minimum absolute atomic E-state index is 0.152. The van der Waals surface area contributed by atoms with Gasteiger partial charge in [-0.2, -0.15) is 0 Å². The number of anilines is 1. The monoisotopic (exact) mass is 770 g/mol. The molecule has 8 rings (SSSR count). The van der Waals surface area contributed by atoms with Crippen LogP contribution in [0.2, 0.25) is 0 Å². The van der Waals surface area contributed by atoms with Crippen molar-refractivity contribution < 1.29 is 0 Å². The zero-order valence-corrected chi connectivity index (χ0v) is 34.0. The average molecular weight is 771 g/mol. The van der Waals surface area contributed by atoms with Crippen molar-refractivity contribution in [1.29, 1.82) is 0 Å². The van der Waals surface area contributed by atoms with Crippen LogP contribution in [-0.4, -0.2) is 6.54 Å². The number of fused-ring (bicyclic) bond motifs is 9. The van der Waals surface area contributed by atoms with Crippen molar-refractivity contribution in [1.82, 2.24) is 0 Å². The van der Waals surface area contributed by atoms with Gasteiger partial charge in [0.2, 0.25) is 0 Å². The van der Waals surface area contributed by atoms with Crippen molar-refractivity contribution in [2.75, 3.05) is 11.9 Å². The van der Waals surface area contributed by atoms with Gasteiger partial charge in [0.1, 0.15) is 0 Å². The molecule has 260 valence electrons. The molecule has 1 unspecified atom stereocenters. The van der Waals surface area contributed by atoms with Crippen LogP contribution in [0.3, 0.4) is 0 Å². The van der Waals surface area contributed by atoms with Gasteiger partial charge in [0.15, 0.2) is 0 Å². The number of rotatable bonds is 17. The second-order valence-electron chi connectivity index (χ2n) is 13.7. The largest absolute Gasteiger partial charge is 0.377 e. The molecule has 2 aromatic carbocycles. The minimum atomic E-state index is 0.152. The van der Waals surface area contributed by atoms with Gasteiger partial charge in [0.05, 0.1) is 14.4 Å². The summed E-state index contributed by atoms with van der Waals surface area (Å²) in [5.41, 5.74) is 6.64. The van der Waals surface area contributed by atoms with Gasteiger partial charge in [0, 0.05) is 77.3 Å². The van der Waals surface area contributed by atoms with E-state index in [2.05, 4.69) is 79.8 Å². The van der Waals surface area contributed by atoms with Crippen LogP contribution >= 0.6 is 68.0 Å². The Kier molecular flexibility index (Phi) is 10.9. The van der Waals surface area contributed by atoms with Gasteiger partial charge in [-0.1, -0.05) is 90.2 Å². The third kappa shape index (κ3) is 7.06. The second kappa shape index (κ2) is 15.7. The summed E-state index contributed by atoms with van der Waals surface area (Å²) in [5.74, 6) is 0. The van der Waals surface area contributed by atoms with Gasteiger partial charge in [-0.15, -0.1) is 68.0 Å². The first-order valence-corrected chi connectivity index (χ1v) is 23.4. The number of nitrogens with one attached hydrogen (secondary N) is 1. The highest BCUT2D eigenvalue weighted by molar-refractivity contribution is 7.38. The Balaban J connectivity index is 1.02. The third-order valence-electron chi connectivity index (χ3n) is 9.94. The normalized spacial score (nSPS) is 12.9. The van der Waals surface area contributed by atoms with Gasteiger partial charge in [0.25, 0.3) is 0 Å². The molecule has 50 heavy (non-hydrogen) atoms. The molecule has 8 aromatic rings. The standard InChI is InChI=1S/C42H46N2S6/c1-3-5-7-9-11-13-23-44-38-22-21-35(48-38)37-25-29-32(46-37)18-16-27-40(29)50-41-26-15-17-31-28(39(26)49-42(27)41)24-36(45-31)34-20-19-33(47-34)30(43)14-12-10-8-6-4-2/h15-22,24-25,30,44H,3-14,23,43H2,1-2H3. The fourth-order valence-corrected chi connectivity index (χ4v) is 14.4. The predicted octanol–water partition coefficient (Wildman–Crippen LogP) is 16.3. The molecule has 0 saturated carbocycles. The zero-order valence-electron chi connectivity index (χ0n) is 29.1. The van der Waals surface area contributed by atoms with Crippen LogP contribution in [0.1, 0.15) is 102 Å². The Bertz CT molecular complexity index is 2360. The maximum Gasteiger partial charge on any atom is 0.0889 e. The molecule has 8 heteroatoms. The highest BCUT2D eigenvalue weighted by atomic mass is 32.1. The number of thiophene rings is 6. The van der Waals surface area contributed by atoms with Crippen molar-refractivity contribution in [2.45, 2.75) is 96.9 Å². The Morgan fingerprint density at radius 1 is 0.500 bits per heavy atom. The average Bonchev–Trinajstić information content (AvgIpc) is 3.97. The Morgan fingerprint density at radius 2 is 1.06 bits per heavy atom. The lowest BCUT2D eigenvalue weighted by molar-refractivity contribution is 0.559. The van der Waals surface area contributed by atoms with Crippen LogP contribution in [0.5, 0.6) is 0 Å². The summed E-state index contributed by atoms with van der Waals surface area (Å²) < 4.78 is 8.51. The van der Waals surface area contributed by atoms with Crippen LogP contribution in [0, 0.1) is 0 Å². The van der Waals surface area contributed by atoms with Gasteiger partial charge in [-0.3, -0.25) is 0 Å². The van der Waals surface area contributed by atoms with E-state index in [9.17, 15) is 0 Å². The molecule has 2 nitrogen and oxygen atoms in total. The molecule has 1 atom stereocenters. The van der Waals surface area contributed by atoms with Crippen LogP contribution in [0.4, 0.5) is 5.00 Å². The van der Waals surface area contributed by atoms with Gasteiger partial charge in [-0.25, -0.2) is 0 Å². The van der Waals surface area contributed by atoms with Crippen molar-refractivity contribution in [2.24, 2.45) is 5.73 Å². The summed E-state index contributed by atoms with van der Waals surface area (Å²) in [6.07, 6.45) is 15.6. The lowest BCUT2D eigenvalue weighted by Crippen LogP contribution is -2.08. The zero-order chi connectivity index (χ0) is 34.0. The van der Waals surface area contributed by atoms with Crippen LogP contribution in [0.25, 0.3) is 69.3 Å². The first-order chi connectivity index (χ1) is 24.6. The SMILES string of the molecule is CCCCCCCCNc1ccc(-c2cc3c(ccc4c3sc3c5ccc6sc(-c7ccc(C(N)CCCCCCC)s7)cc6c5sc43)s2)s1. The van der Waals surface area contributed by atoms with E-state index in [4.69, 9.17) is 5.73 Å². The number of hydrogen-bond acceptors (Lipinski definition) is 8. The van der Waals surface area contributed by atoms with Crippen LogP contribution < -0.4 is 11.1 Å². The summed E-state index contributed by atoms with van der Waals surface area (Å²) in [4.78, 5) is 6.78. The fraction of sp³-hybridized carbons (Fsp3) is 0.381. The topological polar surface area (TPSA) is 38.0 Å². The van der Waals surface area contributed by atoms with Gasteiger partial charge in [-0.05, 0) is 61.4 Å². The fourth-order valence-electron chi connectivity index (χ4n) is 7.12.